The molecule has 3 rings (SSSR count). The Balaban J connectivity index is 2.10. The lowest BCUT2D eigenvalue weighted by Crippen LogP contribution is -2.17. The van der Waals surface area contributed by atoms with E-state index in [-0.39, 0.29) is 6.10 Å². The molecule has 1 aliphatic carbocycles. The first-order valence-corrected chi connectivity index (χ1v) is 7.01. The molecule has 3 nitrogen and oxygen atoms in total. The lowest BCUT2D eigenvalue weighted by Gasteiger charge is -2.17. The summed E-state index contributed by atoms with van der Waals surface area (Å²) in [5.74, 6) is 0.796. The molecule has 2 N–H and O–H groups in total. The van der Waals surface area contributed by atoms with Gasteiger partial charge in [-0.25, -0.2) is 0 Å². The molecule has 0 bridgehead atoms. The Hall–Kier alpha value is -1.68. The minimum Gasteiger partial charge on any atom is -0.489 e. The molecular weight excluding hydrogens is 256 g/mol. The molecule has 0 spiro atoms. The van der Waals surface area contributed by atoms with Gasteiger partial charge in [0.25, 0.3) is 0 Å². The Morgan fingerprint density at radius 2 is 2.00 bits per heavy atom. The molecular formula is C15H16N2OS. The Morgan fingerprint density at radius 1 is 1.26 bits per heavy atom. The lowest BCUT2D eigenvalue weighted by atomic mass is 10.1. The number of rotatable bonds is 3. The van der Waals surface area contributed by atoms with Crippen molar-refractivity contribution in [3.8, 4) is 5.75 Å². The van der Waals surface area contributed by atoms with Crippen molar-refractivity contribution in [1.29, 1.82) is 0 Å². The van der Waals surface area contributed by atoms with Gasteiger partial charge >= 0.3 is 0 Å². The topological polar surface area (TPSA) is 48.1 Å². The Kier molecular flexibility index (Phi) is 3.34. The van der Waals surface area contributed by atoms with E-state index in [9.17, 15) is 0 Å². The smallest absolute Gasteiger partial charge is 0.140 e. The van der Waals surface area contributed by atoms with Crippen molar-refractivity contribution in [3.05, 3.63) is 36.0 Å². The van der Waals surface area contributed by atoms with Gasteiger partial charge in [-0.2, -0.15) is 0 Å². The van der Waals surface area contributed by atoms with Crippen LogP contribution in [-0.4, -0.2) is 16.1 Å². The van der Waals surface area contributed by atoms with E-state index in [1.165, 1.54) is 12.8 Å². The van der Waals surface area contributed by atoms with Crippen LogP contribution in [-0.2, 0) is 0 Å². The summed E-state index contributed by atoms with van der Waals surface area (Å²) in [6, 6.07) is 7.93. The van der Waals surface area contributed by atoms with Crippen molar-refractivity contribution in [1.82, 2.24) is 4.98 Å². The van der Waals surface area contributed by atoms with Crippen LogP contribution in [0.4, 0.5) is 0 Å². The van der Waals surface area contributed by atoms with Crippen molar-refractivity contribution in [2.45, 2.75) is 31.8 Å². The van der Waals surface area contributed by atoms with Crippen LogP contribution in [0.15, 0.2) is 30.5 Å². The van der Waals surface area contributed by atoms with Crippen molar-refractivity contribution < 1.29 is 4.74 Å². The molecule has 0 amide bonds. The molecule has 1 aromatic heterocycles. The van der Waals surface area contributed by atoms with E-state index < -0.39 is 0 Å². The quantitative estimate of drug-likeness (QED) is 0.872. The number of pyridine rings is 1. The van der Waals surface area contributed by atoms with Gasteiger partial charge in [0, 0.05) is 11.6 Å². The molecule has 1 saturated carbocycles. The van der Waals surface area contributed by atoms with Gasteiger partial charge in [0.15, 0.2) is 0 Å². The van der Waals surface area contributed by atoms with Crippen LogP contribution in [0.3, 0.4) is 0 Å². The third kappa shape index (κ3) is 2.40. The van der Waals surface area contributed by atoms with Gasteiger partial charge in [0.1, 0.15) is 10.7 Å². The normalized spacial score (nSPS) is 15.8. The Morgan fingerprint density at radius 3 is 2.74 bits per heavy atom. The van der Waals surface area contributed by atoms with Crippen LogP contribution in [0, 0.1) is 0 Å². The van der Waals surface area contributed by atoms with Crippen LogP contribution in [0.1, 0.15) is 31.2 Å². The first-order chi connectivity index (χ1) is 9.25. The van der Waals surface area contributed by atoms with Crippen molar-refractivity contribution in [3.63, 3.8) is 0 Å². The monoisotopic (exact) mass is 272 g/mol. The van der Waals surface area contributed by atoms with Gasteiger partial charge in [0.2, 0.25) is 0 Å². The molecule has 0 radical (unpaired) electrons. The highest BCUT2D eigenvalue weighted by atomic mass is 32.1. The number of nitrogens with two attached hydrogens (primary N) is 1. The van der Waals surface area contributed by atoms with Crippen LogP contribution in [0.25, 0.3) is 10.9 Å². The minimum atomic E-state index is 0.277. The summed E-state index contributed by atoms with van der Waals surface area (Å²) in [6.45, 7) is 0. The second-order valence-electron chi connectivity index (χ2n) is 4.91. The summed E-state index contributed by atoms with van der Waals surface area (Å²) in [5.41, 5.74) is 7.44. The number of fused-ring (bicyclic) bond motifs is 1. The van der Waals surface area contributed by atoms with Crippen LogP contribution < -0.4 is 10.5 Å². The molecule has 19 heavy (non-hydrogen) atoms. The maximum absolute atomic E-state index is 6.17. The predicted octanol–water partition coefficient (Wildman–Crippen LogP) is 3.19. The van der Waals surface area contributed by atoms with Gasteiger partial charge in [0.05, 0.1) is 17.2 Å². The number of aromatic nitrogens is 1. The first kappa shape index (κ1) is 12.4. The molecule has 2 aromatic rings. The molecule has 0 atom stereocenters. The third-order valence-corrected chi connectivity index (χ3v) is 3.80. The number of benzene rings is 1. The highest BCUT2D eigenvalue weighted by molar-refractivity contribution is 7.80. The van der Waals surface area contributed by atoms with Gasteiger partial charge in [-0.3, -0.25) is 4.98 Å². The fourth-order valence-corrected chi connectivity index (χ4v) is 2.74. The van der Waals surface area contributed by atoms with E-state index in [0.29, 0.717) is 4.99 Å². The summed E-state index contributed by atoms with van der Waals surface area (Å²) in [7, 11) is 0. The number of hydrogen-bond acceptors (Lipinski definition) is 3. The molecule has 0 unspecified atom stereocenters. The van der Waals surface area contributed by atoms with Gasteiger partial charge in [-0.05, 0) is 37.8 Å². The predicted molar refractivity (Wildman–Crippen MR) is 80.5 cm³/mol. The number of hydrogen-bond donors (Lipinski definition) is 1. The molecule has 1 aliphatic rings. The fraction of sp³-hybridized carbons (Fsp3) is 0.333. The molecule has 1 heterocycles. The van der Waals surface area contributed by atoms with Crippen molar-refractivity contribution in [2.75, 3.05) is 0 Å². The maximum atomic E-state index is 6.17. The first-order valence-electron chi connectivity index (χ1n) is 6.60. The fourth-order valence-electron chi connectivity index (χ4n) is 2.59. The van der Waals surface area contributed by atoms with E-state index in [4.69, 9.17) is 22.7 Å². The Bertz CT molecular complexity index is 621. The Labute approximate surface area is 117 Å². The number of ether oxygens (including phenoxy) is 1. The van der Waals surface area contributed by atoms with E-state index in [0.717, 1.165) is 35.1 Å². The van der Waals surface area contributed by atoms with Gasteiger partial charge < -0.3 is 10.5 Å². The molecule has 1 fully saturated rings. The average molecular weight is 272 g/mol. The summed E-state index contributed by atoms with van der Waals surface area (Å²) in [6.07, 6.45) is 6.67. The molecule has 98 valence electrons. The van der Waals surface area contributed by atoms with Crippen LogP contribution in [0.5, 0.6) is 5.75 Å². The summed E-state index contributed by atoms with van der Waals surface area (Å²) >= 11 is 5.11. The van der Waals surface area contributed by atoms with E-state index in [2.05, 4.69) is 4.98 Å². The van der Waals surface area contributed by atoms with Crippen LogP contribution in [0.2, 0.25) is 0 Å². The highest BCUT2D eigenvalue weighted by Gasteiger charge is 2.20. The van der Waals surface area contributed by atoms with Gasteiger partial charge in [-0.1, -0.05) is 24.4 Å². The standard InChI is InChI=1S/C15H16N2OS/c16-15(19)12-9-17-13-8-4-3-7-11(13)14(12)18-10-5-1-2-6-10/h3-4,7-10H,1-2,5-6H2,(H2,16,19). The third-order valence-electron chi connectivity index (χ3n) is 3.58. The second-order valence-corrected chi connectivity index (χ2v) is 5.35. The summed E-state index contributed by atoms with van der Waals surface area (Å²) < 4.78 is 6.17. The summed E-state index contributed by atoms with van der Waals surface area (Å²) in [4.78, 5) is 4.73. The molecule has 0 saturated heterocycles. The number of thiocarbonyl (C=S) groups is 1. The zero-order chi connectivity index (χ0) is 13.2. The van der Waals surface area contributed by atoms with Crippen molar-refractivity contribution in [2.24, 2.45) is 5.73 Å². The van der Waals surface area contributed by atoms with Crippen LogP contribution >= 0.6 is 12.2 Å². The van der Waals surface area contributed by atoms with Crippen molar-refractivity contribution >= 4 is 28.1 Å². The second kappa shape index (κ2) is 5.13. The van der Waals surface area contributed by atoms with E-state index in [1.807, 2.05) is 24.3 Å². The maximum Gasteiger partial charge on any atom is 0.140 e. The van der Waals surface area contributed by atoms with E-state index >= 15 is 0 Å². The largest absolute Gasteiger partial charge is 0.489 e. The number of para-hydroxylation sites is 1. The molecule has 0 aliphatic heterocycles. The zero-order valence-electron chi connectivity index (χ0n) is 10.6. The number of nitrogens with zero attached hydrogens (tertiary/aromatic N) is 1. The lowest BCUT2D eigenvalue weighted by molar-refractivity contribution is 0.212. The minimum absolute atomic E-state index is 0.277. The average Bonchev–Trinajstić information content (AvgIpc) is 2.92. The van der Waals surface area contributed by atoms with Gasteiger partial charge in [-0.15, -0.1) is 0 Å². The SMILES string of the molecule is NC(=S)c1cnc2ccccc2c1OC1CCCC1. The zero-order valence-corrected chi connectivity index (χ0v) is 11.5. The molecule has 1 aromatic carbocycles. The highest BCUT2D eigenvalue weighted by Crippen LogP contribution is 2.32. The van der Waals surface area contributed by atoms with E-state index in [1.54, 1.807) is 6.20 Å². The molecule has 4 heteroatoms. The summed E-state index contributed by atoms with van der Waals surface area (Å²) in [5, 5.41) is 0.986.